The number of hydrogen-bond acceptors (Lipinski definition) is 2. The lowest BCUT2D eigenvalue weighted by molar-refractivity contribution is 0.0457. The summed E-state index contributed by atoms with van der Waals surface area (Å²) in [7, 11) is 0. The zero-order valence-corrected chi connectivity index (χ0v) is 16.7. The Hall–Kier alpha value is -1.64. The number of piperidine rings is 1. The molecular formula is C25H33NO. The molecule has 2 aliphatic rings. The summed E-state index contributed by atoms with van der Waals surface area (Å²) in [6, 6.07) is 18.0. The smallest absolute Gasteiger partial charge is 0.0720 e. The van der Waals surface area contributed by atoms with Crippen LogP contribution in [0.25, 0.3) is 11.1 Å². The molecule has 4 rings (SSSR count). The van der Waals surface area contributed by atoms with Crippen LogP contribution in [-0.2, 0) is 17.9 Å². The van der Waals surface area contributed by atoms with Gasteiger partial charge in [-0.3, -0.25) is 4.90 Å². The van der Waals surface area contributed by atoms with Gasteiger partial charge in [0, 0.05) is 6.54 Å². The third-order valence-corrected chi connectivity index (χ3v) is 6.31. The Kier molecular flexibility index (Phi) is 6.26. The molecule has 1 aliphatic carbocycles. The van der Waals surface area contributed by atoms with Crippen molar-refractivity contribution >= 4 is 0 Å². The van der Waals surface area contributed by atoms with Gasteiger partial charge in [-0.15, -0.1) is 0 Å². The largest absolute Gasteiger partial charge is 0.374 e. The van der Waals surface area contributed by atoms with E-state index in [1.165, 1.54) is 73.9 Å². The SMILES string of the molecule is CC1CCN(Cc2ccc(-c3ccc(COC4CCCC4)cc3)cc2)CC1. The summed E-state index contributed by atoms with van der Waals surface area (Å²) in [5.74, 6) is 0.898. The van der Waals surface area contributed by atoms with Crippen molar-refractivity contribution < 1.29 is 4.74 Å². The third kappa shape index (κ3) is 5.21. The van der Waals surface area contributed by atoms with E-state index in [0.717, 1.165) is 19.1 Å². The molecule has 2 heteroatoms. The summed E-state index contributed by atoms with van der Waals surface area (Å²) < 4.78 is 6.02. The van der Waals surface area contributed by atoms with Crippen LogP contribution < -0.4 is 0 Å². The van der Waals surface area contributed by atoms with Crippen molar-refractivity contribution in [3.63, 3.8) is 0 Å². The van der Waals surface area contributed by atoms with Crippen molar-refractivity contribution in [1.29, 1.82) is 0 Å². The first-order chi connectivity index (χ1) is 13.3. The zero-order chi connectivity index (χ0) is 18.5. The molecule has 2 aromatic carbocycles. The second kappa shape index (κ2) is 9.03. The van der Waals surface area contributed by atoms with E-state index in [0.29, 0.717) is 6.10 Å². The highest BCUT2D eigenvalue weighted by Crippen LogP contribution is 2.24. The molecule has 0 radical (unpaired) electrons. The Bertz CT molecular complexity index is 692. The highest BCUT2D eigenvalue weighted by Gasteiger charge is 2.16. The van der Waals surface area contributed by atoms with Gasteiger partial charge in [-0.2, -0.15) is 0 Å². The zero-order valence-electron chi connectivity index (χ0n) is 16.7. The van der Waals surface area contributed by atoms with Gasteiger partial charge < -0.3 is 4.74 Å². The molecule has 1 saturated heterocycles. The van der Waals surface area contributed by atoms with Gasteiger partial charge in [-0.05, 0) is 66.9 Å². The van der Waals surface area contributed by atoms with Crippen molar-refractivity contribution in [2.24, 2.45) is 5.92 Å². The molecule has 1 aliphatic heterocycles. The quantitative estimate of drug-likeness (QED) is 0.620. The fourth-order valence-corrected chi connectivity index (χ4v) is 4.34. The van der Waals surface area contributed by atoms with Crippen LogP contribution in [0.15, 0.2) is 48.5 Å². The molecule has 0 spiro atoms. The van der Waals surface area contributed by atoms with Gasteiger partial charge in [0.25, 0.3) is 0 Å². The molecule has 2 aromatic rings. The first-order valence-electron chi connectivity index (χ1n) is 10.8. The van der Waals surface area contributed by atoms with Crippen LogP contribution in [0.3, 0.4) is 0 Å². The van der Waals surface area contributed by atoms with Crippen LogP contribution in [0, 0.1) is 5.92 Å². The molecule has 2 nitrogen and oxygen atoms in total. The maximum Gasteiger partial charge on any atom is 0.0720 e. The molecule has 2 fully saturated rings. The van der Waals surface area contributed by atoms with Gasteiger partial charge >= 0.3 is 0 Å². The molecule has 0 unspecified atom stereocenters. The first kappa shape index (κ1) is 18.7. The van der Waals surface area contributed by atoms with Gasteiger partial charge in [-0.25, -0.2) is 0 Å². The predicted octanol–water partition coefficient (Wildman–Crippen LogP) is 6.04. The Labute approximate surface area is 164 Å². The summed E-state index contributed by atoms with van der Waals surface area (Å²) >= 11 is 0. The summed E-state index contributed by atoms with van der Waals surface area (Å²) in [4.78, 5) is 2.59. The van der Waals surface area contributed by atoms with Gasteiger partial charge in [0.2, 0.25) is 0 Å². The van der Waals surface area contributed by atoms with Crippen molar-refractivity contribution in [3.8, 4) is 11.1 Å². The van der Waals surface area contributed by atoms with E-state index in [1.807, 2.05) is 0 Å². The Morgan fingerprint density at radius 2 is 1.33 bits per heavy atom. The fourth-order valence-electron chi connectivity index (χ4n) is 4.34. The Morgan fingerprint density at radius 1 is 0.778 bits per heavy atom. The average Bonchev–Trinajstić information content (AvgIpc) is 3.23. The molecule has 0 amide bonds. The number of benzene rings is 2. The van der Waals surface area contributed by atoms with Gasteiger partial charge in [0.15, 0.2) is 0 Å². The minimum atomic E-state index is 0.486. The van der Waals surface area contributed by atoms with Crippen LogP contribution in [0.1, 0.15) is 56.6 Å². The number of nitrogens with zero attached hydrogens (tertiary/aromatic N) is 1. The van der Waals surface area contributed by atoms with Crippen molar-refractivity contribution in [3.05, 3.63) is 59.7 Å². The highest BCUT2D eigenvalue weighted by molar-refractivity contribution is 5.63. The topological polar surface area (TPSA) is 12.5 Å². The molecule has 0 aromatic heterocycles. The van der Waals surface area contributed by atoms with Gasteiger partial charge in [-0.1, -0.05) is 68.3 Å². The number of ether oxygens (including phenoxy) is 1. The Balaban J connectivity index is 1.31. The summed E-state index contributed by atoms with van der Waals surface area (Å²) in [6.45, 7) is 6.70. The van der Waals surface area contributed by atoms with E-state index in [9.17, 15) is 0 Å². The van der Waals surface area contributed by atoms with Gasteiger partial charge in [0.1, 0.15) is 0 Å². The number of likely N-dealkylation sites (tertiary alicyclic amines) is 1. The lowest BCUT2D eigenvalue weighted by atomic mass is 9.98. The van der Waals surface area contributed by atoms with E-state index in [-0.39, 0.29) is 0 Å². The molecule has 1 saturated carbocycles. The molecular weight excluding hydrogens is 330 g/mol. The molecule has 1 heterocycles. The van der Waals surface area contributed by atoms with Crippen molar-refractivity contribution in [2.45, 2.75) is 64.7 Å². The summed E-state index contributed by atoms with van der Waals surface area (Å²) in [5.41, 5.74) is 5.30. The third-order valence-electron chi connectivity index (χ3n) is 6.31. The van der Waals surface area contributed by atoms with E-state index in [4.69, 9.17) is 4.74 Å². The van der Waals surface area contributed by atoms with Crippen molar-refractivity contribution in [2.75, 3.05) is 13.1 Å². The molecule has 0 atom stereocenters. The second-order valence-corrected chi connectivity index (χ2v) is 8.57. The molecule has 0 bridgehead atoms. The normalized spacial score (nSPS) is 19.6. The maximum atomic E-state index is 6.02. The second-order valence-electron chi connectivity index (χ2n) is 8.57. The Morgan fingerprint density at radius 3 is 1.93 bits per heavy atom. The lowest BCUT2D eigenvalue weighted by Crippen LogP contribution is -2.32. The van der Waals surface area contributed by atoms with Crippen LogP contribution in [-0.4, -0.2) is 24.1 Å². The van der Waals surface area contributed by atoms with E-state index in [2.05, 4.69) is 60.4 Å². The molecule has 144 valence electrons. The van der Waals surface area contributed by atoms with E-state index >= 15 is 0 Å². The first-order valence-corrected chi connectivity index (χ1v) is 10.8. The molecule has 27 heavy (non-hydrogen) atoms. The predicted molar refractivity (Wildman–Crippen MR) is 113 cm³/mol. The van der Waals surface area contributed by atoms with Crippen LogP contribution in [0.2, 0.25) is 0 Å². The van der Waals surface area contributed by atoms with Crippen LogP contribution >= 0.6 is 0 Å². The highest BCUT2D eigenvalue weighted by atomic mass is 16.5. The minimum absolute atomic E-state index is 0.486. The van der Waals surface area contributed by atoms with Crippen LogP contribution in [0.4, 0.5) is 0 Å². The number of rotatable bonds is 6. The standard InChI is InChI=1S/C25H33NO/c1-20-14-16-26(17-15-20)18-21-6-10-23(11-7-21)24-12-8-22(9-13-24)19-27-25-4-2-3-5-25/h6-13,20,25H,2-5,14-19H2,1H3. The van der Waals surface area contributed by atoms with Crippen molar-refractivity contribution in [1.82, 2.24) is 4.90 Å². The number of hydrogen-bond donors (Lipinski definition) is 0. The van der Waals surface area contributed by atoms with E-state index in [1.54, 1.807) is 0 Å². The minimum Gasteiger partial charge on any atom is -0.374 e. The maximum absolute atomic E-state index is 6.02. The monoisotopic (exact) mass is 363 g/mol. The van der Waals surface area contributed by atoms with E-state index < -0.39 is 0 Å². The molecule has 0 N–H and O–H groups in total. The summed E-state index contributed by atoms with van der Waals surface area (Å²) in [6.07, 6.45) is 8.30. The lowest BCUT2D eigenvalue weighted by Gasteiger charge is -2.30. The van der Waals surface area contributed by atoms with Crippen LogP contribution in [0.5, 0.6) is 0 Å². The fraction of sp³-hybridized carbons (Fsp3) is 0.520. The van der Waals surface area contributed by atoms with Gasteiger partial charge in [0.05, 0.1) is 12.7 Å². The average molecular weight is 364 g/mol. The summed E-state index contributed by atoms with van der Waals surface area (Å²) in [5, 5.41) is 0.